The van der Waals surface area contributed by atoms with E-state index in [1.54, 1.807) is 24.3 Å². The Morgan fingerprint density at radius 1 is 1.50 bits per heavy atom. The number of hydrogen-bond acceptors (Lipinski definition) is 4. The topological polar surface area (TPSA) is 72.5 Å². The molecule has 0 spiro atoms. The van der Waals surface area contributed by atoms with Gasteiger partial charge in [0.1, 0.15) is 5.75 Å². The molecule has 0 aliphatic rings. The summed E-state index contributed by atoms with van der Waals surface area (Å²) < 4.78 is 4.84. The first kappa shape index (κ1) is 10.7. The monoisotopic (exact) mass is 195 g/mol. The molecule has 0 amide bonds. The zero-order valence-electron chi connectivity index (χ0n) is 7.93. The van der Waals surface area contributed by atoms with Crippen molar-refractivity contribution >= 4 is 5.97 Å². The standard InChI is InChI=1S/C10H13NO3/c1-7(13)14-9-4-2-8(3-5-9)10(11)6-12/h2-5,10,12H,6,11H2,1H3/t10-/m0/s1. The summed E-state index contributed by atoms with van der Waals surface area (Å²) in [5.41, 5.74) is 6.40. The number of ether oxygens (including phenoxy) is 1. The largest absolute Gasteiger partial charge is 0.427 e. The van der Waals surface area contributed by atoms with Gasteiger partial charge in [0.15, 0.2) is 0 Å². The minimum Gasteiger partial charge on any atom is -0.427 e. The van der Waals surface area contributed by atoms with Crippen LogP contribution in [0.1, 0.15) is 18.5 Å². The Morgan fingerprint density at radius 2 is 2.07 bits per heavy atom. The molecule has 14 heavy (non-hydrogen) atoms. The summed E-state index contributed by atoms with van der Waals surface area (Å²) in [4.78, 5) is 10.6. The number of nitrogens with two attached hydrogens (primary N) is 1. The summed E-state index contributed by atoms with van der Waals surface area (Å²) in [6.07, 6.45) is 0. The van der Waals surface area contributed by atoms with Crippen molar-refractivity contribution in [3.63, 3.8) is 0 Å². The fraction of sp³-hybridized carbons (Fsp3) is 0.300. The van der Waals surface area contributed by atoms with Crippen molar-refractivity contribution in [3.8, 4) is 5.75 Å². The predicted octanol–water partition coefficient (Wildman–Crippen LogP) is 0.604. The van der Waals surface area contributed by atoms with Crippen LogP contribution in [0.5, 0.6) is 5.75 Å². The molecule has 1 aromatic rings. The van der Waals surface area contributed by atoms with E-state index in [4.69, 9.17) is 15.6 Å². The second-order valence-corrected chi connectivity index (χ2v) is 2.95. The molecule has 3 N–H and O–H groups in total. The van der Waals surface area contributed by atoms with Crippen LogP contribution in [0.3, 0.4) is 0 Å². The van der Waals surface area contributed by atoms with Gasteiger partial charge in [-0.15, -0.1) is 0 Å². The second-order valence-electron chi connectivity index (χ2n) is 2.95. The van der Waals surface area contributed by atoms with E-state index in [1.165, 1.54) is 6.92 Å². The van der Waals surface area contributed by atoms with Crippen LogP contribution in [-0.4, -0.2) is 17.7 Å². The lowest BCUT2D eigenvalue weighted by atomic mass is 10.1. The smallest absolute Gasteiger partial charge is 0.308 e. The van der Waals surface area contributed by atoms with Gasteiger partial charge in [0.2, 0.25) is 0 Å². The van der Waals surface area contributed by atoms with Crippen LogP contribution in [0.15, 0.2) is 24.3 Å². The van der Waals surface area contributed by atoms with Crippen LogP contribution in [-0.2, 0) is 4.79 Å². The average molecular weight is 195 g/mol. The predicted molar refractivity (Wildman–Crippen MR) is 51.8 cm³/mol. The van der Waals surface area contributed by atoms with E-state index in [0.29, 0.717) is 5.75 Å². The highest BCUT2D eigenvalue weighted by Crippen LogP contribution is 2.16. The maximum absolute atomic E-state index is 10.6. The lowest BCUT2D eigenvalue weighted by molar-refractivity contribution is -0.131. The number of carbonyl (C=O) groups excluding carboxylic acids is 1. The minimum atomic E-state index is -0.388. The zero-order valence-corrected chi connectivity index (χ0v) is 7.93. The summed E-state index contributed by atoms with van der Waals surface area (Å²) in [7, 11) is 0. The Hall–Kier alpha value is -1.39. The van der Waals surface area contributed by atoms with Crippen molar-refractivity contribution < 1.29 is 14.6 Å². The first-order valence-electron chi connectivity index (χ1n) is 4.28. The van der Waals surface area contributed by atoms with E-state index in [1.807, 2.05) is 0 Å². The number of benzene rings is 1. The second kappa shape index (κ2) is 4.74. The summed E-state index contributed by atoms with van der Waals surface area (Å²) in [6, 6.07) is 6.35. The van der Waals surface area contributed by atoms with Gasteiger partial charge in [-0.05, 0) is 17.7 Å². The van der Waals surface area contributed by atoms with Crippen molar-refractivity contribution in [1.29, 1.82) is 0 Å². The third-order valence-corrected chi connectivity index (χ3v) is 1.77. The molecule has 0 aliphatic heterocycles. The molecule has 4 nitrogen and oxygen atoms in total. The highest BCUT2D eigenvalue weighted by atomic mass is 16.5. The summed E-state index contributed by atoms with van der Waals surface area (Å²) in [6.45, 7) is 1.24. The molecule has 76 valence electrons. The van der Waals surface area contributed by atoms with Gasteiger partial charge in [-0.3, -0.25) is 4.79 Å². The van der Waals surface area contributed by atoms with Crippen molar-refractivity contribution in [2.75, 3.05) is 6.61 Å². The summed E-state index contributed by atoms with van der Waals surface area (Å²) >= 11 is 0. The lowest BCUT2D eigenvalue weighted by Gasteiger charge is -2.08. The number of carbonyl (C=O) groups is 1. The van der Waals surface area contributed by atoms with Crippen LogP contribution >= 0.6 is 0 Å². The highest BCUT2D eigenvalue weighted by Gasteiger charge is 2.04. The summed E-state index contributed by atoms with van der Waals surface area (Å²) in [5.74, 6) is 0.121. The molecule has 1 atom stereocenters. The number of esters is 1. The fourth-order valence-electron chi connectivity index (χ4n) is 1.05. The third kappa shape index (κ3) is 2.83. The molecular formula is C10H13NO3. The molecule has 0 fully saturated rings. The van der Waals surface area contributed by atoms with Crippen molar-refractivity contribution in [2.24, 2.45) is 5.73 Å². The number of hydrogen-bond donors (Lipinski definition) is 2. The molecule has 0 aromatic heterocycles. The van der Waals surface area contributed by atoms with Crippen molar-refractivity contribution in [2.45, 2.75) is 13.0 Å². The third-order valence-electron chi connectivity index (χ3n) is 1.77. The van der Waals surface area contributed by atoms with Gasteiger partial charge < -0.3 is 15.6 Å². The number of rotatable bonds is 3. The van der Waals surface area contributed by atoms with E-state index in [9.17, 15) is 4.79 Å². The molecule has 4 heteroatoms. The van der Waals surface area contributed by atoms with Gasteiger partial charge >= 0.3 is 5.97 Å². The van der Waals surface area contributed by atoms with Gasteiger partial charge in [0.25, 0.3) is 0 Å². The first-order valence-corrected chi connectivity index (χ1v) is 4.28. The van der Waals surface area contributed by atoms with Crippen LogP contribution in [0, 0.1) is 0 Å². The Balaban J connectivity index is 2.73. The molecular weight excluding hydrogens is 182 g/mol. The van der Waals surface area contributed by atoms with Crippen molar-refractivity contribution in [3.05, 3.63) is 29.8 Å². The Bertz CT molecular complexity index is 308. The first-order chi connectivity index (χ1) is 6.63. The van der Waals surface area contributed by atoms with Gasteiger partial charge in [-0.25, -0.2) is 0 Å². The van der Waals surface area contributed by atoms with E-state index >= 15 is 0 Å². The van der Waals surface area contributed by atoms with E-state index in [-0.39, 0.29) is 18.6 Å². The van der Waals surface area contributed by atoms with Crippen LogP contribution in [0.4, 0.5) is 0 Å². The molecule has 0 aliphatic carbocycles. The van der Waals surface area contributed by atoms with E-state index < -0.39 is 0 Å². The van der Waals surface area contributed by atoms with Gasteiger partial charge in [0, 0.05) is 6.92 Å². The SMILES string of the molecule is CC(=O)Oc1ccc([C@@H](N)CO)cc1. The molecule has 0 radical (unpaired) electrons. The van der Waals surface area contributed by atoms with E-state index in [0.717, 1.165) is 5.56 Å². The Morgan fingerprint density at radius 3 is 2.50 bits per heavy atom. The highest BCUT2D eigenvalue weighted by molar-refractivity contribution is 5.69. The molecule has 0 unspecified atom stereocenters. The van der Waals surface area contributed by atoms with Crippen LogP contribution in [0.2, 0.25) is 0 Å². The molecule has 0 bridgehead atoms. The molecule has 1 aromatic carbocycles. The normalized spacial score (nSPS) is 12.2. The van der Waals surface area contributed by atoms with Crippen molar-refractivity contribution in [1.82, 2.24) is 0 Å². The molecule has 0 saturated carbocycles. The van der Waals surface area contributed by atoms with Crippen LogP contribution in [0.25, 0.3) is 0 Å². The fourth-order valence-corrected chi connectivity index (χ4v) is 1.05. The average Bonchev–Trinajstić information content (AvgIpc) is 2.17. The van der Waals surface area contributed by atoms with Gasteiger partial charge in [-0.2, -0.15) is 0 Å². The zero-order chi connectivity index (χ0) is 10.6. The minimum absolute atomic E-state index is 0.104. The Labute approximate surface area is 82.3 Å². The maximum atomic E-state index is 10.6. The quantitative estimate of drug-likeness (QED) is 0.547. The van der Waals surface area contributed by atoms with Crippen LogP contribution < -0.4 is 10.5 Å². The molecule has 0 heterocycles. The van der Waals surface area contributed by atoms with E-state index in [2.05, 4.69) is 0 Å². The molecule has 0 saturated heterocycles. The molecule has 1 rings (SSSR count). The van der Waals surface area contributed by atoms with Gasteiger partial charge in [-0.1, -0.05) is 12.1 Å². The maximum Gasteiger partial charge on any atom is 0.308 e. The lowest BCUT2D eigenvalue weighted by Crippen LogP contribution is -2.14. The number of aliphatic hydroxyl groups is 1. The van der Waals surface area contributed by atoms with Gasteiger partial charge in [0.05, 0.1) is 12.6 Å². The summed E-state index contributed by atoms with van der Waals surface area (Å²) in [5, 5.41) is 8.79. The number of aliphatic hydroxyl groups excluding tert-OH is 1. The Kier molecular flexibility index (Phi) is 3.62.